The minimum atomic E-state index is -0.482. The normalized spacial score (nSPS) is 10.8. The number of nitrogens with two attached hydrogens (primary N) is 1. The molecule has 7 nitrogen and oxygen atoms in total. The van der Waals surface area contributed by atoms with Crippen molar-refractivity contribution < 1.29 is 9.59 Å². The van der Waals surface area contributed by atoms with E-state index in [4.69, 9.17) is 5.73 Å². The molecule has 0 fully saturated rings. The third-order valence-corrected chi connectivity index (χ3v) is 4.58. The van der Waals surface area contributed by atoms with E-state index in [2.05, 4.69) is 15.5 Å². The van der Waals surface area contributed by atoms with Gasteiger partial charge in [0.25, 0.3) is 0 Å². The van der Waals surface area contributed by atoms with Crippen molar-refractivity contribution >= 4 is 40.0 Å². The van der Waals surface area contributed by atoms with E-state index in [1.165, 1.54) is 11.8 Å². The second kappa shape index (κ2) is 7.35. The second-order valence-electron chi connectivity index (χ2n) is 5.45. The molecule has 0 unspecified atom stereocenters. The molecule has 0 aliphatic heterocycles. The first kappa shape index (κ1) is 17.0. The Hall–Kier alpha value is -2.87. The Morgan fingerprint density at radius 1 is 1.16 bits per heavy atom. The van der Waals surface area contributed by atoms with Crippen LogP contribution in [0.25, 0.3) is 10.8 Å². The first-order valence-electron chi connectivity index (χ1n) is 7.63. The van der Waals surface area contributed by atoms with Crippen molar-refractivity contribution in [2.75, 3.05) is 11.1 Å². The van der Waals surface area contributed by atoms with Crippen LogP contribution in [0.15, 0.2) is 47.6 Å². The number of benzene rings is 2. The molecule has 1 aromatic heterocycles. The summed E-state index contributed by atoms with van der Waals surface area (Å²) in [5.74, 6) is 0.0912. The van der Waals surface area contributed by atoms with Gasteiger partial charge in [0.15, 0.2) is 5.16 Å². The molecule has 2 aromatic carbocycles. The number of thioether (sulfide) groups is 1. The molecule has 2 amide bonds. The van der Waals surface area contributed by atoms with E-state index in [0.29, 0.717) is 11.0 Å². The highest BCUT2D eigenvalue weighted by Crippen LogP contribution is 2.23. The Balaban J connectivity index is 1.68. The monoisotopic (exact) mass is 355 g/mol. The van der Waals surface area contributed by atoms with E-state index < -0.39 is 5.91 Å². The Bertz CT molecular complexity index is 932. The fourth-order valence-electron chi connectivity index (χ4n) is 2.46. The molecular weight excluding hydrogens is 338 g/mol. The molecule has 3 aromatic rings. The summed E-state index contributed by atoms with van der Waals surface area (Å²) in [5.41, 5.74) is 5.99. The Labute approximate surface area is 148 Å². The van der Waals surface area contributed by atoms with Gasteiger partial charge in [0.2, 0.25) is 11.8 Å². The molecule has 0 saturated heterocycles. The van der Waals surface area contributed by atoms with Gasteiger partial charge in [-0.15, -0.1) is 10.2 Å². The predicted octanol–water partition coefficient (Wildman–Crippen LogP) is 1.96. The molecular formula is C17H17N5O2S. The van der Waals surface area contributed by atoms with Crippen LogP contribution in [0.4, 0.5) is 5.69 Å². The van der Waals surface area contributed by atoms with E-state index >= 15 is 0 Å². The SMILES string of the molecule is Cc1nnc(SCC(=O)Nc2cccc3ccccc23)n1CC(N)=O. The van der Waals surface area contributed by atoms with Crippen molar-refractivity contribution in [3.63, 3.8) is 0 Å². The molecule has 3 N–H and O–H groups in total. The minimum absolute atomic E-state index is 0.00783. The smallest absolute Gasteiger partial charge is 0.237 e. The van der Waals surface area contributed by atoms with Gasteiger partial charge >= 0.3 is 0 Å². The number of hydrogen-bond acceptors (Lipinski definition) is 5. The van der Waals surface area contributed by atoms with E-state index in [1.807, 2.05) is 42.5 Å². The molecule has 0 aliphatic carbocycles. The number of hydrogen-bond donors (Lipinski definition) is 2. The number of carbonyl (C=O) groups is 2. The highest BCUT2D eigenvalue weighted by atomic mass is 32.2. The predicted molar refractivity (Wildman–Crippen MR) is 97.3 cm³/mol. The standard InChI is InChI=1S/C17H17N5O2S/c1-11-20-21-17(22(11)9-15(18)23)25-10-16(24)19-14-8-4-6-12-5-2-3-7-13(12)14/h2-8H,9-10H2,1H3,(H2,18,23)(H,19,24). The van der Waals surface area contributed by atoms with Crippen LogP contribution in [-0.4, -0.2) is 32.3 Å². The van der Waals surface area contributed by atoms with Gasteiger partial charge in [0.1, 0.15) is 12.4 Å². The van der Waals surface area contributed by atoms with Crippen LogP contribution in [0, 0.1) is 6.92 Å². The fraction of sp³-hybridized carbons (Fsp3) is 0.176. The number of rotatable bonds is 6. The highest BCUT2D eigenvalue weighted by Gasteiger charge is 2.14. The van der Waals surface area contributed by atoms with Crippen molar-refractivity contribution in [2.24, 2.45) is 5.73 Å². The van der Waals surface area contributed by atoms with Gasteiger partial charge in [-0.25, -0.2) is 0 Å². The highest BCUT2D eigenvalue weighted by molar-refractivity contribution is 7.99. The van der Waals surface area contributed by atoms with E-state index in [0.717, 1.165) is 16.5 Å². The molecule has 0 atom stereocenters. The largest absolute Gasteiger partial charge is 0.368 e. The van der Waals surface area contributed by atoms with Crippen LogP contribution in [0.1, 0.15) is 5.82 Å². The second-order valence-corrected chi connectivity index (χ2v) is 6.39. The fourth-order valence-corrected chi connectivity index (χ4v) is 3.24. The topological polar surface area (TPSA) is 103 Å². The maximum Gasteiger partial charge on any atom is 0.237 e. The van der Waals surface area contributed by atoms with Crippen LogP contribution in [0.5, 0.6) is 0 Å². The summed E-state index contributed by atoms with van der Waals surface area (Å²) in [6.07, 6.45) is 0. The summed E-state index contributed by atoms with van der Waals surface area (Å²) in [5, 5.41) is 13.4. The van der Waals surface area contributed by atoms with Gasteiger partial charge in [0, 0.05) is 11.1 Å². The number of amides is 2. The number of aromatic nitrogens is 3. The number of carbonyl (C=O) groups excluding carboxylic acids is 2. The summed E-state index contributed by atoms with van der Waals surface area (Å²) in [6, 6.07) is 13.6. The summed E-state index contributed by atoms with van der Waals surface area (Å²) in [4.78, 5) is 23.4. The molecule has 128 valence electrons. The average molecular weight is 355 g/mol. The van der Waals surface area contributed by atoms with Gasteiger partial charge in [-0.1, -0.05) is 48.2 Å². The first-order chi connectivity index (χ1) is 12.0. The third-order valence-electron chi connectivity index (χ3n) is 3.61. The maximum absolute atomic E-state index is 12.3. The molecule has 0 spiro atoms. The zero-order valence-electron chi connectivity index (χ0n) is 13.6. The number of nitrogens with one attached hydrogen (secondary N) is 1. The Morgan fingerprint density at radius 3 is 2.72 bits per heavy atom. The van der Waals surface area contributed by atoms with Crippen molar-refractivity contribution in [1.29, 1.82) is 0 Å². The molecule has 1 heterocycles. The van der Waals surface area contributed by atoms with Gasteiger partial charge < -0.3 is 11.1 Å². The average Bonchev–Trinajstić information content (AvgIpc) is 2.93. The molecule has 0 saturated carbocycles. The van der Waals surface area contributed by atoms with Crippen molar-refractivity contribution in [3.05, 3.63) is 48.3 Å². The molecule has 3 rings (SSSR count). The van der Waals surface area contributed by atoms with E-state index in [-0.39, 0.29) is 18.2 Å². The number of aryl methyl sites for hydroxylation is 1. The molecule has 0 radical (unpaired) electrons. The first-order valence-corrected chi connectivity index (χ1v) is 8.61. The lowest BCUT2D eigenvalue weighted by molar-refractivity contribution is -0.118. The lowest BCUT2D eigenvalue weighted by Gasteiger charge is -2.09. The Morgan fingerprint density at radius 2 is 1.92 bits per heavy atom. The molecule has 0 aliphatic rings. The van der Waals surface area contributed by atoms with Crippen molar-refractivity contribution in [1.82, 2.24) is 14.8 Å². The van der Waals surface area contributed by atoms with Crippen LogP contribution >= 0.6 is 11.8 Å². The maximum atomic E-state index is 12.3. The number of primary amides is 1. The Kier molecular flexibility index (Phi) is 4.99. The van der Waals surface area contributed by atoms with E-state index in [9.17, 15) is 9.59 Å². The summed E-state index contributed by atoms with van der Waals surface area (Å²) < 4.78 is 1.60. The summed E-state index contributed by atoms with van der Waals surface area (Å²) >= 11 is 1.21. The van der Waals surface area contributed by atoms with E-state index in [1.54, 1.807) is 11.5 Å². The molecule has 8 heteroatoms. The summed E-state index contributed by atoms with van der Waals surface area (Å²) in [7, 11) is 0. The van der Waals surface area contributed by atoms with Crippen LogP contribution < -0.4 is 11.1 Å². The van der Waals surface area contributed by atoms with Gasteiger partial charge in [-0.05, 0) is 18.4 Å². The number of nitrogens with zero attached hydrogens (tertiary/aromatic N) is 3. The lowest BCUT2D eigenvalue weighted by Crippen LogP contribution is -2.20. The zero-order chi connectivity index (χ0) is 17.8. The van der Waals surface area contributed by atoms with Gasteiger partial charge in [-0.3, -0.25) is 14.2 Å². The molecule has 25 heavy (non-hydrogen) atoms. The van der Waals surface area contributed by atoms with Gasteiger partial charge in [0.05, 0.1) is 5.75 Å². The van der Waals surface area contributed by atoms with Crippen LogP contribution in [-0.2, 0) is 16.1 Å². The summed E-state index contributed by atoms with van der Waals surface area (Å²) in [6.45, 7) is 1.72. The zero-order valence-corrected chi connectivity index (χ0v) is 14.4. The van der Waals surface area contributed by atoms with Crippen molar-refractivity contribution in [2.45, 2.75) is 18.6 Å². The third kappa shape index (κ3) is 3.97. The van der Waals surface area contributed by atoms with Gasteiger partial charge in [-0.2, -0.15) is 0 Å². The lowest BCUT2D eigenvalue weighted by atomic mass is 10.1. The quantitative estimate of drug-likeness (QED) is 0.658. The number of anilines is 1. The number of fused-ring (bicyclic) bond motifs is 1. The molecule has 0 bridgehead atoms. The van der Waals surface area contributed by atoms with Crippen LogP contribution in [0.2, 0.25) is 0 Å². The van der Waals surface area contributed by atoms with Crippen molar-refractivity contribution in [3.8, 4) is 0 Å². The minimum Gasteiger partial charge on any atom is -0.368 e. The van der Waals surface area contributed by atoms with Crippen LogP contribution in [0.3, 0.4) is 0 Å².